The van der Waals surface area contributed by atoms with E-state index in [0.717, 1.165) is 5.76 Å². The molecule has 0 spiro atoms. The van der Waals surface area contributed by atoms with Crippen molar-refractivity contribution in [1.82, 2.24) is 0 Å². The number of rotatable bonds is 2. The first kappa shape index (κ1) is 8.16. The van der Waals surface area contributed by atoms with Crippen LogP contribution in [0.1, 0.15) is 30.8 Å². The zero-order chi connectivity index (χ0) is 9.42. The number of furan rings is 1. The van der Waals surface area contributed by atoms with Crippen LogP contribution in [0.4, 0.5) is 0 Å². The largest absolute Gasteiger partial charge is 0.457 e. The van der Waals surface area contributed by atoms with E-state index in [-0.39, 0.29) is 5.84 Å². The molecule has 1 aromatic rings. The summed E-state index contributed by atoms with van der Waals surface area (Å²) in [5, 5.41) is 11.3. The van der Waals surface area contributed by atoms with Crippen molar-refractivity contribution in [3.63, 3.8) is 0 Å². The summed E-state index contributed by atoms with van der Waals surface area (Å²) in [6, 6.07) is 3.62. The van der Waals surface area contributed by atoms with Gasteiger partial charge in [-0.1, -0.05) is 12.1 Å². The maximum Gasteiger partial charge on any atom is 0.205 e. The molecule has 2 rings (SSSR count). The van der Waals surface area contributed by atoms with E-state index in [1.54, 1.807) is 6.07 Å². The van der Waals surface area contributed by atoms with Crippen molar-refractivity contribution in [1.29, 1.82) is 0 Å². The quantitative estimate of drug-likeness (QED) is 0.313. The van der Waals surface area contributed by atoms with E-state index in [4.69, 9.17) is 15.4 Å². The molecule has 0 aromatic carbocycles. The van der Waals surface area contributed by atoms with Gasteiger partial charge in [-0.05, 0) is 24.5 Å². The van der Waals surface area contributed by atoms with E-state index in [0.29, 0.717) is 17.6 Å². The molecule has 1 heterocycles. The van der Waals surface area contributed by atoms with E-state index in [1.807, 2.05) is 6.07 Å². The molecule has 3 N–H and O–H groups in total. The SMILES string of the molecule is CC1CC1c1ccc(/C(N)=N/O)o1. The zero-order valence-electron chi connectivity index (χ0n) is 7.40. The third kappa shape index (κ3) is 1.39. The molecule has 0 bridgehead atoms. The van der Waals surface area contributed by atoms with Crippen molar-refractivity contribution >= 4 is 5.84 Å². The fourth-order valence-corrected chi connectivity index (χ4v) is 1.46. The molecular formula is C9H12N2O2. The van der Waals surface area contributed by atoms with Crippen molar-refractivity contribution in [2.75, 3.05) is 0 Å². The van der Waals surface area contributed by atoms with Crippen molar-refractivity contribution in [2.45, 2.75) is 19.3 Å². The normalized spacial score (nSPS) is 27.6. The first-order valence-electron chi connectivity index (χ1n) is 4.30. The van der Waals surface area contributed by atoms with Crippen LogP contribution in [0, 0.1) is 5.92 Å². The minimum atomic E-state index is 0.0274. The summed E-state index contributed by atoms with van der Waals surface area (Å²) in [6.45, 7) is 2.18. The summed E-state index contributed by atoms with van der Waals surface area (Å²) in [7, 11) is 0. The lowest BCUT2D eigenvalue weighted by Crippen LogP contribution is -2.11. The van der Waals surface area contributed by atoms with E-state index in [2.05, 4.69) is 12.1 Å². The lowest BCUT2D eigenvalue weighted by atomic mass is 10.3. The Bertz CT molecular complexity index is 343. The van der Waals surface area contributed by atoms with E-state index < -0.39 is 0 Å². The molecule has 13 heavy (non-hydrogen) atoms. The highest BCUT2D eigenvalue weighted by Crippen LogP contribution is 2.47. The fourth-order valence-electron chi connectivity index (χ4n) is 1.46. The van der Waals surface area contributed by atoms with E-state index >= 15 is 0 Å². The summed E-state index contributed by atoms with van der Waals surface area (Å²) >= 11 is 0. The third-order valence-electron chi connectivity index (χ3n) is 2.46. The second-order valence-corrected chi connectivity index (χ2v) is 3.51. The molecule has 1 saturated carbocycles. The lowest BCUT2D eigenvalue weighted by Gasteiger charge is -1.92. The summed E-state index contributed by atoms with van der Waals surface area (Å²) in [5.41, 5.74) is 5.37. The highest BCUT2D eigenvalue weighted by Gasteiger charge is 2.36. The molecule has 4 nitrogen and oxygen atoms in total. The van der Waals surface area contributed by atoms with Gasteiger partial charge in [0.1, 0.15) is 5.76 Å². The van der Waals surface area contributed by atoms with Crippen LogP contribution in [0.5, 0.6) is 0 Å². The Morgan fingerprint density at radius 2 is 2.38 bits per heavy atom. The highest BCUT2D eigenvalue weighted by molar-refractivity contribution is 5.94. The van der Waals surface area contributed by atoms with Gasteiger partial charge in [-0.15, -0.1) is 0 Å². The van der Waals surface area contributed by atoms with Gasteiger partial charge in [0, 0.05) is 5.92 Å². The zero-order valence-corrected chi connectivity index (χ0v) is 7.40. The molecule has 1 aliphatic rings. The van der Waals surface area contributed by atoms with Gasteiger partial charge in [0.25, 0.3) is 0 Å². The van der Waals surface area contributed by atoms with E-state index in [1.165, 1.54) is 6.42 Å². The van der Waals surface area contributed by atoms with Gasteiger partial charge < -0.3 is 15.4 Å². The second-order valence-electron chi connectivity index (χ2n) is 3.51. The Kier molecular flexibility index (Phi) is 1.76. The van der Waals surface area contributed by atoms with Crippen LogP contribution >= 0.6 is 0 Å². The Morgan fingerprint density at radius 3 is 2.92 bits per heavy atom. The summed E-state index contributed by atoms with van der Waals surface area (Å²) in [5.74, 6) is 2.64. The van der Waals surface area contributed by atoms with Gasteiger partial charge in [0.05, 0.1) is 0 Å². The van der Waals surface area contributed by atoms with Crippen LogP contribution in [0.25, 0.3) is 0 Å². The van der Waals surface area contributed by atoms with Gasteiger partial charge in [0.15, 0.2) is 5.76 Å². The fraction of sp³-hybridized carbons (Fsp3) is 0.444. The third-order valence-corrected chi connectivity index (χ3v) is 2.46. The molecular weight excluding hydrogens is 168 g/mol. The molecule has 2 unspecified atom stereocenters. The van der Waals surface area contributed by atoms with Crippen LogP contribution < -0.4 is 5.73 Å². The van der Waals surface area contributed by atoms with Crippen LogP contribution in [0.3, 0.4) is 0 Å². The van der Waals surface area contributed by atoms with Crippen LogP contribution in [0.2, 0.25) is 0 Å². The van der Waals surface area contributed by atoms with Crippen molar-refractivity contribution < 1.29 is 9.62 Å². The Labute approximate surface area is 76.0 Å². The van der Waals surface area contributed by atoms with E-state index in [9.17, 15) is 0 Å². The molecule has 0 saturated heterocycles. The van der Waals surface area contributed by atoms with Crippen molar-refractivity contribution in [3.05, 3.63) is 23.7 Å². The molecule has 70 valence electrons. The van der Waals surface area contributed by atoms with Gasteiger partial charge in [0.2, 0.25) is 5.84 Å². The number of hydrogen-bond donors (Lipinski definition) is 2. The summed E-state index contributed by atoms with van der Waals surface area (Å²) in [4.78, 5) is 0. The Hall–Kier alpha value is -1.45. The van der Waals surface area contributed by atoms with Gasteiger partial charge in [-0.25, -0.2) is 0 Å². The highest BCUT2D eigenvalue weighted by atomic mass is 16.4. The monoisotopic (exact) mass is 180 g/mol. The maximum atomic E-state index is 8.41. The molecule has 1 fully saturated rings. The minimum absolute atomic E-state index is 0.0274. The van der Waals surface area contributed by atoms with Crippen LogP contribution in [-0.2, 0) is 0 Å². The summed E-state index contributed by atoms with van der Waals surface area (Å²) < 4.78 is 5.41. The molecule has 1 aliphatic carbocycles. The Balaban J connectivity index is 2.19. The lowest BCUT2D eigenvalue weighted by molar-refractivity contribution is 0.317. The standard InChI is InChI=1S/C9H12N2O2/c1-5-4-6(5)7-2-3-8(13-7)9(10)11-12/h2-3,5-6,12H,4H2,1H3,(H2,10,11). The number of hydrogen-bond acceptors (Lipinski definition) is 3. The molecule has 0 aliphatic heterocycles. The minimum Gasteiger partial charge on any atom is -0.457 e. The average Bonchev–Trinajstić information content (AvgIpc) is 2.70. The smallest absolute Gasteiger partial charge is 0.205 e. The number of nitrogens with zero attached hydrogens (tertiary/aromatic N) is 1. The average molecular weight is 180 g/mol. The number of oxime groups is 1. The first-order chi connectivity index (χ1) is 6.22. The molecule has 0 radical (unpaired) electrons. The number of amidine groups is 1. The Morgan fingerprint density at radius 1 is 1.69 bits per heavy atom. The predicted octanol–water partition coefficient (Wildman–Crippen LogP) is 1.50. The molecule has 1 aromatic heterocycles. The van der Waals surface area contributed by atoms with Gasteiger partial charge >= 0.3 is 0 Å². The second kappa shape index (κ2) is 2.80. The maximum absolute atomic E-state index is 8.41. The van der Waals surface area contributed by atoms with Gasteiger partial charge in [-0.3, -0.25) is 0 Å². The first-order valence-corrected chi connectivity index (χ1v) is 4.30. The van der Waals surface area contributed by atoms with Crippen molar-refractivity contribution in [3.8, 4) is 0 Å². The van der Waals surface area contributed by atoms with Crippen molar-refractivity contribution in [2.24, 2.45) is 16.8 Å². The van der Waals surface area contributed by atoms with Crippen LogP contribution in [-0.4, -0.2) is 11.0 Å². The van der Waals surface area contributed by atoms with Gasteiger partial charge in [-0.2, -0.15) is 0 Å². The summed E-state index contributed by atoms with van der Waals surface area (Å²) in [6.07, 6.45) is 1.17. The molecule has 2 atom stereocenters. The van der Waals surface area contributed by atoms with Crippen LogP contribution in [0.15, 0.2) is 21.7 Å². The topological polar surface area (TPSA) is 71.8 Å². The molecule has 4 heteroatoms. The molecule has 0 amide bonds. The number of nitrogens with two attached hydrogens (primary N) is 1. The predicted molar refractivity (Wildman–Crippen MR) is 47.7 cm³/mol.